The van der Waals surface area contributed by atoms with Crippen LogP contribution in [0.15, 0.2) is 23.1 Å². The molecule has 8 nitrogen and oxygen atoms in total. The van der Waals surface area contributed by atoms with Gasteiger partial charge in [0.1, 0.15) is 17.4 Å². The Balaban J connectivity index is 1.52. The number of nitrogens with zero attached hydrogens (tertiary/aromatic N) is 5. The Morgan fingerprint density at radius 1 is 1.42 bits per heavy atom. The Morgan fingerprint density at radius 2 is 2.17 bits per heavy atom. The fourth-order valence-corrected chi connectivity index (χ4v) is 2.84. The molecule has 0 unspecified atom stereocenters. The largest absolute Gasteiger partial charge is 0.361 e. The molecule has 124 valence electrons. The van der Waals surface area contributed by atoms with Crippen LogP contribution in [0.2, 0.25) is 0 Å². The molecule has 1 aliphatic rings. The van der Waals surface area contributed by atoms with Gasteiger partial charge < -0.3 is 14.7 Å². The summed E-state index contributed by atoms with van der Waals surface area (Å²) in [6, 6.07) is 2.08. The summed E-state index contributed by atoms with van der Waals surface area (Å²) in [4.78, 5) is 22.5. The Labute approximate surface area is 139 Å². The molecule has 1 saturated heterocycles. The number of anilines is 1. The Morgan fingerprint density at radius 3 is 2.83 bits per heavy atom. The zero-order valence-corrected chi connectivity index (χ0v) is 13.4. The SMILES string of the molecule is Cc1oncc1C(=O)NCC1CCN(c2nccnc2C#N)CC1. The van der Waals surface area contributed by atoms with Crippen molar-refractivity contribution < 1.29 is 9.32 Å². The minimum Gasteiger partial charge on any atom is -0.361 e. The summed E-state index contributed by atoms with van der Waals surface area (Å²) >= 11 is 0. The molecule has 0 radical (unpaired) electrons. The lowest BCUT2D eigenvalue weighted by Crippen LogP contribution is -2.39. The summed E-state index contributed by atoms with van der Waals surface area (Å²) in [6.45, 7) is 3.91. The van der Waals surface area contributed by atoms with Gasteiger partial charge in [0, 0.05) is 32.0 Å². The fraction of sp³-hybridized carbons (Fsp3) is 0.438. The number of hydrogen-bond donors (Lipinski definition) is 1. The molecule has 1 aliphatic heterocycles. The van der Waals surface area contributed by atoms with Gasteiger partial charge in [-0.3, -0.25) is 4.79 Å². The molecule has 0 aromatic carbocycles. The van der Waals surface area contributed by atoms with Gasteiger partial charge in [-0.2, -0.15) is 5.26 Å². The van der Waals surface area contributed by atoms with Gasteiger partial charge in [0.05, 0.1) is 6.20 Å². The lowest BCUT2D eigenvalue weighted by atomic mass is 9.96. The fourth-order valence-electron chi connectivity index (χ4n) is 2.84. The molecule has 8 heteroatoms. The van der Waals surface area contributed by atoms with Gasteiger partial charge in [0.25, 0.3) is 5.91 Å². The Kier molecular flexibility index (Phi) is 4.70. The van der Waals surface area contributed by atoms with Gasteiger partial charge in [0.2, 0.25) is 0 Å². The smallest absolute Gasteiger partial charge is 0.256 e. The van der Waals surface area contributed by atoms with Crippen molar-refractivity contribution in [2.75, 3.05) is 24.5 Å². The van der Waals surface area contributed by atoms with Crippen molar-refractivity contribution in [2.24, 2.45) is 5.92 Å². The van der Waals surface area contributed by atoms with Crippen LogP contribution >= 0.6 is 0 Å². The summed E-state index contributed by atoms with van der Waals surface area (Å²) in [5.41, 5.74) is 0.831. The van der Waals surface area contributed by atoms with Crippen LogP contribution in [0.5, 0.6) is 0 Å². The van der Waals surface area contributed by atoms with E-state index in [1.54, 1.807) is 13.1 Å². The highest BCUT2D eigenvalue weighted by Gasteiger charge is 2.23. The minimum absolute atomic E-state index is 0.156. The predicted octanol–water partition coefficient (Wildman–Crippen LogP) is 1.29. The molecule has 0 bridgehead atoms. The number of nitrogens with one attached hydrogen (secondary N) is 1. The van der Waals surface area contributed by atoms with E-state index in [4.69, 9.17) is 9.78 Å². The van der Waals surface area contributed by atoms with Gasteiger partial charge >= 0.3 is 0 Å². The van der Waals surface area contributed by atoms with E-state index in [1.807, 2.05) is 0 Å². The van der Waals surface area contributed by atoms with Crippen molar-refractivity contribution in [3.05, 3.63) is 35.6 Å². The molecular formula is C16H18N6O2. The van der Waals surface area contributed by atoms with Crippen molar-refractivity contribution in [3.63, 3.8) is 0 Å². The van der Waals surface area contributed by atoms with Crippen molar-refractivity contribution in [1.82, 2.24) is 20.4 Å². The maximum Gasteiger partial charge on any atom is 0.256 e. The highest BCUT2D eigenvalue weighted by Crippen LogP contribution is 2.23. The second-order valence-corrected chi connectivity index (χ2v) is 5.78. The van der Waals surface area contributed by atoms with E-state index < -0.39 is 0 Å². The zero-order valence-electron chi connectivity index (χ0n) is 13.4. The molecule has 3 rings (SSSR count). The van der Waals surface area contributed by atoms with E-state index in [-0.39, 0.29) is 5.91 Å². The first-order valence-corrected chi connectivity index (χ1v) is 7.84. The van der Waals surface area contributed by atoms with Crippen LogP contribution in [-0.2, 0) is 0 Å². The van der Waals surface area contributed by atoms with Gasteiger partial charge in [0.15, 0.2) is 11.5 Å². The normalized spacial score (nSPS) is 15.1. The van der Waals surface area contributed by atoms with Crippen LogP contribution in [0.4, 0.5) is 5.82 Å². The van der Waals surface area contributed by atoms with Gasteiger partial charge in [-0.15, -0.1) is 0 Å². The molecule has 24 heavy (non-hydrogen) atoms. The molecular weight excluding hydrogens is 308 g/mol. The van der Waals surface area contributed by atoms with E-state index in [2.05, 4.69) is 31.4 Å². The van der Waals surface area contributed by atoms with Crippen LogP contribution in [0.1, 0.15) is 34.7 Å². The lowest BCUT2D eigenvalue weighted by molar-refractivity contribution is 0.0943. The van der Waals surface area contributed by atoms with Crippen molar-refractivity contribution in [2.45, 2.75) is 19.8 Å². The van der Waals surface area contributed by atoms with E-state index in [0.29, 0.717) is 35.3 Å². The maximum atomic E-state index is 12.1. The highest BCUT2D eigenvalue weighted by molar-refractivity contribution is 5.94. The van der Waals surface area contributed by atoms with Gasteiger partial charge in [-0.05, 0) is 25.7 Å². The standard InChI is InChI=1S/C16H18N6O2/c1-11-13(10-21-24-11)16(23)20-9-12-2-6-22(7-3-12)15-14(8-17)18-4-5-19-15/h4-5,10,12H,2-3,6-7,9H2,1H3,(H,20,23). The molecule has 2 aromatic rings. The number of rotatable bonds is 4. The van der Waals surface area contributed by atoms with E-state index in [9.17, 15) is 4.79 Å². The molecule has 0 saturated carbocycles. The molecule has 1 N–H and O–H groups in total. The average Bonchev–Trinajstić information content (AvgIpc) is 3.06. The molecule has 1 fully saturated rings. The summed E-state index contributed by atoms with van der Waals surface area (Å²) < 4.78 is 4.91. The second-order valence-electron chi connectivity index (χ2n) is 5.78. The molecule has 0 spiro atoms. The number of aromatic nitrogens is 3. The lowest BCUT2D eigenvalue weighted by Gasteiger charge is -2.32. The Hall–Kier alpha value is -2.95. The Bertz CT molecular complexity index is 758. The summed E-state index contributed by atoms with van der Waals surface area (Å²) in [5, 5.41) is 15.7. The summed E-state index contributed by atoms with van der Waals surface area (Å²) in [6.07, 6.45) is 6.40. The van der Waals surface area contributed by atoms with Crippen LogP contribution in [0.25, 0.3) is 0 Å². The number of carbonyl (C=O) groups is 1. The topological polar surface area (TPSA) is 108 Å². The van der Waals surface area contributed by atoms with E-state index >= 15 is 0 Å². The van der Waals surface area contributed by atoms with Crippen LogP contribution in [-0.4, -0.2) is 40.7 Å². The first kappa shape index (κ1) is 15.9. The molecule has 1 amide bonds. The van der Waals surface area contributed by atoms with E-state index in [0.717, 1.165) is 25.9 Å². The molecule has 0 aliphatic carbocycles. The zero-order chi connectivity index (χ0) is 16.9. The quantitative estimate of drug-likeness (QED) is 0.901. The first-order chi connectivity index (χ1) is 11.7. The predicted molar refractivity (Wildman–Crippen MR) is 85.3 cm³/mol. The first-order valence-electron chi connectivity index (χ1n) is 7.84. The second kappa shape index (κ2) is 7.08. The van der Waals surface area contributed by atoms with Crippen LogP contribution < -0.4 is 10.2 Å². The third-order valence-corrected chi connectivity index (χ3v) is 4.25. The summed E-state index contributed by atoms with van der Waals surface area (Å²) in [5.74, 6) is 1.40. The number of piperidine rings is 1. The van der Waals surface area contributed by atoms with Crippen molar-refractivity contribution in [1.29, 1.82) is 5.26 Å². The number of hydrogen-bond acceptors (Lipinski definition) is 7. The third kappa shape index (κ3) is 3.35. The average molecular weight is 326 g/mol. The van der Waals surface area contributed by atoms with Gasteiger partial charge in [-0.1, -0.05) is 5.16 Å². The maximum absolute atomic E-state index is 12.1. The van der Waals surface area contributed by atoms with Gasteiger partial charge in [-0.25, -0.2) is 9.97 Å². The van der Waals surface area contributed by atoms with E-state index in [1.165, 1.54) is 12.4 Å². The summed E-state index contributed by atoms with van der Waals surface area (Å²) in [7, 11) is 0. The minimum atomic E-state index is -0.156. The van der Waals surface area contributed by atoms with Crippen LogP contribution in [0, 0.1) is 24.2 Å². The highest BCUT2D eigenvalue weighted by atomic mass is 16.5. The van der Waals surface area contributed by atoms with Crippen molar-refractivity contribution >= 4 is 11.7 Å². The third-order valence-electron chi connectivity index (χ3n) is 4.25. The number of aryl methyl sites for hydroxylation is 1. The molecule has 2 aromatic heterocycles. The molecule has 3 heterocycles. The number of nitriles is 1. The van der Waals surface area contributed by atoms with Crippen LogP contribution in [0.3, 0.4) is 0 Å². The molecule has 0 atom stereocenters. The van der Waals surface area contributed by atoms with Crippen molar-refractivity contribution in [3.8, 4) is 6.07 Å². The number of carbonyl (C=O) groups excluding carboxylic acids is 1. The number of amides is 1. The monoisotopic (exact) mass is 326 g/mol.